The Hall–Kier alpha value is -0.910. The van der Waals surface area contributed by atoms with Crippen LogP contribution in [0.3, 0.4) is 0 Å². The highest BCUT2D eigenvalue weighted by atomic mass is 35.5. The molecule has 0 aliphatic heterocycles. The van der Waals surface area contributed by atoms with E-state index in [1.165, 1.54) is 19.1 Å². The normalized spacial score (nSPS) is 13.5. The van der Waals surface area contributed by atoms with E-state index in [-0.39, 0.29) is 4.90 Å². The molecular weight excluding hydrogens is 240 g/mol. The van der Waals surface area contributed by atoms with Crippen LogP contribution in [0.1, 0.15) is 6.92 Å². The van der Waals surface area contributed by atoms with E-state index < -0.39 is 21.5 Å². The van der Waals surface area contributed by atoms with Crippen molar-refractivity contribution >= 4 is 27.0 Å². The van der Waals surface area contributed by atoms with Crippen molar-refractivity contribution in [3.05, 3.63) is 30.3 Å². The number of hydrogen-bond donors (Lipinski definition) is 0. The quantitative estimate of drug-likeness (QED) is 0.599. The van der Waals surface area contributed by atoms with Crippen molar-refractivity contribution < 1.29 is 17.4 Å². The fourth-order valence-electron chi connectivity index (χ4n) is 0.871. The van der Waals surface area contributed by atoms with Gasteiger partial charge in [-0.25, -0.2) is 0 Å². The van der Waals surface area contributed by atoms with Gasteiger partial charge in [0.25, 0.3) is 15.4 Å². The van der Waals surface area contributed by atoms with Crippen LogP contribution in [0.25, 0.3) is 0 Å². The highest BCUT2D eigenvalue weighted by molar-refractivity contribution is 7.86. The molecule has 1 aromatic carbocycles. The highest BCUT2D eigenvalue weighted by Crippen LogP contribution is 2.14. The van der Waals surface area contributed by atoms with Crippen molar-refractivity contribution in [3.63, 3.8) is 0 Å². The van der Waals surface area contributed by atoms with Gasteiger partial charge in [0, 0.05) is 0 Å². The molecule has 6 heteroatoms. The second kappa shape index (κ2) is 4.74. The second-order valence-corrected chi connectivity index (χ2v) is 4.75. The first-order valence-corrected chi connectivity index (χ1v) is 5.90. The Balaban J connectivity index is 2.91. The fraction of sp³-hybridized carbons (Fsp3) is 0.222. The lowest BCUT2D eigenvalue weighted by Gasteiger charge is -2.08. The first kappa shape index (κ1) is 12.2. The predicted octanol–water partition coefficient (Wildman–Crippen LogP) is 1.55. The lowest BCUT2D eigenvalue weighted by molar-refractivity contribution is -0.117. The molecule has 82 valence electrons. The molecule has 1 atom stereocenters. The maximum Gasteiger partial charge on any atom is 0.297 e. The van der Waals surface area contributed by atoms with Gasteiger partial charge in [-0.05, 0) is 30.7 Å². The molecule has 0 spiro atoms. The van der Waals surface area contributed by atoms with Crippen LogP contribution < -0.4 is 0 Å². The van der Waals surface area contributed by atoms with E-state index in [2.05, 4.69) is 4.18 Å². The van der Waals surface area contributed by atoms with Crippen LogP contribution in [0.4, 0.5) is 0 Å². The summed E-state index contributed by atoms with van der Waals surface area (Å²) in [7, 11) is -3.91. The average Bonchev–Trinajstić information content (AvgIpc) is 2.18. The van der Waals surface area contributed by atoms with Crippen LogP contribution in [0.5, 0.6) is 0 Å². The van der Waals surface area contributed by atoms with Crippen LogP contribution in [0.2, 0.25) is 0 Å². The molecule has 0 amide bonds. The van der Waals surface area contributed by atoms with Gasteiger partial charge in [-0.1, -0.05) is 18.2 Å². The summed E-state index contributed by atoms with van der Waals surface area (Å²) in [6.45, 7) is 1.27. The van der Waals surface area contributed by atoms with Gasteiger partial charge in [-0.2, -0.15) is 8.42 Å². The minimum atomic E-state index is -3.91. The zero-order chi connectivity index (χ0) is 11.5. The van der Waals surface area contributed by atoms with Crippen molar-refractivity contribution in [2.75, 3.05) is 0 Å². The molecule has 0 unspecified atom stereocenters. The molecule has 0 aromatic heterocycles. The Morgan fingerprint density at radius 2 is 1.87 bits per heavy atom. The molecule has 0 heterocycles. The highest BCUT2D eigenvalue weighted by Gasteiger charge is 2.22. The van der Waals surface area contributed by atoms with Gasteiger partial charge in [0.2, 0.25) is 0 Å². The average molecular weight is 249 g/mol. The molecule has 0 N–H and O–H groups in total. The zero-order valence-electron chi connectivity index (χ0n) is 7.88. The number of rotatable bonds is 4. The molecular formula is C9H9ClO4S. The molecule has 0 saturated heterocycles. The fourth-order valence-corrected chi connectivity index (χ4v) is 2.04. The largest absolute Gasteiger partial charge is 0.297 e. The first-order valence-electron chi connectivity index (χ1n) is 4.11. The predicted molar refractivity (Wildman–Crippen MR) is 55.0 cm³/mol. The molecule has 4 nitrogen and oxygen atoms in total. The van der Waals surface area contributed by atoms with Crippen LogP contribution >= 0.6 is 11.6 Å². The molecule has 0 radical (unpaired) electrons. The third-order valence-corrected chi connectivity index (χ3v) is 3.32. The van der Waals surface area contributed by atoms with Crippen molar-refractivity contribution in [1.29, 1.82) is 0 Å². The minimum Gasteiger partial charge on any atom is -0.278 e. The van der Waals surface area contributed by atoms with E-state index in [1.807, 2.05) is 0 Å². The summed E-state index contributed by atoms with van der Waals surface area (Å²) in [5.41, 5.74) is 0. The monoisotopic (exact) mass is 248 g/mol. The lowest BCUT2D eigenvalue weighted by atomic mass is 10.4. The first-order chi connectivity index (χ1) is 6.93. The van der Waals surface area contributed by atoms with E-state index in [9.17, 15) is 13.2 Å². The molecule has 0 saturated carbocycles. The van der Waals surface area contributed by atoms with Crippen molar-refractivity contribution in [3.8, 4) is 0 Å². The third-order valence-electron chi connectivity index (χ3n) is 1.62. The number of halogens is 1. The van der Waals surface area contributed by atoms with Crippen LogP contribution in [0.15, 0.2) is 35.2 Å². The molecule has 1 aromatic rings. The summed E-state index contributed by atoms with van der Waals surface area (Å²) in [6.07, 6.45) is -1.18. The van der Waals surface area contributed by atoms with Gasteiger partial charge in [-0.15, -0.1) is 0 Å². The van der Waals surface area contributed by atoms with E-state index in [0.717, 1.165) is 0 Å². The van der Waals surface area contributed by atoms with Crippen LogP contribution in [-0.2, 0) is 19.1 Å². The van der Waals surface area contributed by atoms with E-state index >= 15 is 0 Å². The summed E-state index contributed by atoms with van der Waals surface area (Å²) >= 11 is 5.09. The maximum absolute atomic E-state index is 11.5. The van der Waals surface area contributed by atoms with E-state index in [0.29, 0.717) is 0 Å². The lowest BCUT2D eigenvalue weighted by Crippen LogP contribution is -2.20. The Morgan fingerprint density at radius 1 is 1.33 bits per heavy atom. The second-order valence-electron chi connectivity index (χ2n) is 2.81. The Morgan fingerprint density at radius 3 is 2.33 bits per heavy atom. The molecule has 0 bridgehead atoms. The SMILES string of the molecule is C[C@@H](OS(=O)(=O)c1ccccc1)C(=O)Cl. The Labute approximate surface area is 92.9 Å². The van der Waals surface area contributed by atoms with E-state index in [4.69, 9.17) is 11.6 Å². The third kappa shape index (κ3) is 3.30. The summed E-state index contributed by atoms with van der Waals surface area (Å²) in [4.78, 5) is 10.6. The zero-order valence-corrected chi connectivity index (χ0v) is 9.46. The topological polar surface area (TPSA) is 60.4 Å². The minimum absolute atomic E-state index is 0.00485. The van der Waals surface area contributed by atoms with Crippen LogP contribution in [-0.4, -0.2) is 19.8 Å². The van der Waals surface area contributed by atoms with Gasteiger partial charge < -0.3 is 0 Å². The molecule has 15 heavy (non-hydrogen) atoms. The van der Waals surface area contributed by atoms with Gasteiger partial charge in [0.15, 0.2) is 0 Å². The van der Waals surface area contributed by atoms with Gasteiger partial charge in [0.05, 0.1) is 4.90 Å². The van der Waals surface area contributed by atoms with Gasteiger partial charge >= 0.3 is 0 Å². The van der Waals surface area contributed by atoms with Gasteiger partial charge in [-0.3, -0.25) is 8.98 Å². The number of hydrogen-bond acceptors (Lipinski definition) is 4. The smallest absolute Gasteiger partial charge is 0.278 e. The van der Waals surface area contributed by atoms with E-state index in [1.54, 1.807) is 18.2 Å². The Kier molecular flexibility index (Phi) is 3.84. The number of benzene rings is 1. The summed E-state index contributed by atoms with van der Waals surface area (Å²) in [5.74, 6) is 0. The molecule has 0 fully saturated rings. The van der Waals surface area contributed by atoms with Crippen molar-refractivity contribution in [2.24, 2.45) is 0 Å². The number of carbonyl (C=O) groups is 1. The molecule has 0 aliphatic carbocycles. The molecule has 0 aliphatic rings. The standard InChI is InChI=1S/C9H9ClO4S/c1-7(9(10)11)14-15(12,13)8-5-3-2-4-6-8/h2-7H,1H3/t7-/m1/s1. The summed E-state index contributed by atoms with van der Waals surface area (Å²) < 4.78 is 27.6. The summed E-state index contributed by atoms with van der Waals surface area (Å²) in [5, 5.41) is -0.852. The number of carbonyl (C=O) groups excluding carboxylic acids is 1. The molecule has 1 rings (SSSR count). The maximum atomic E-state index is 11.5. The van der Waals surface area contributed by atoms with Crippen molar-refractivity contribution in [2.45, 2.75) is 17.9 Å². The van der Waals surface area contributed by atoms with Crippen molar-refractivity contribution in [1.82, 2.24) is 0 Å². The summed E-state index contributed by atoms with van der Waals surface area (Å²) in [6, 6.07) is 7.55. The van der Waals surface area contributed by atoms with Crippen LogP contribution in [0, 0.1) is 0 Å². The van der Waals surface area contributed by atoms with Gasteiger partial charge in [0.1, 0.15) is 6.10 Å². The Bertz CT molecular complexity index is 440.